The molecule has 0 heterocycles. The average Bonchev–Trinajstić information content (AvgIpc) is 2.54. The molecule has 0 radical (unpaired) electrons. The van der Waals surface area contributed by atoms with Gasteiger partial charge in [0.2, 0.25) is 5.91 Å². The summed E-state index contributed by atoms with van der Waals surface area (Å²) in [4.78, 5) is 25.4. The molecule has 1 atom stereocenters. The van der Waals surface area contributed by atoms with E-state index in [1.165, 1.54) is 11.1 Å². The van der Waals surface area contributed by atoms with Crippen molar-refractivity contribution in [3.05, 3.63) is 47.6 Å². The lowest BCUT2D eigenvalue weighted by molar-refractivity contribution is -0.125. The highest BCUT2D eigenvalue weighted by atomic mass is 16.2. The Bertz CT molecular complexity index is 581. The van der Waals surface area contributed by atoms with Crippen molar-refractivity contribution in [1.29, 1.82) is 0 Å². The first kappa shape index (κ1) is 20.1. The molecule has 1 aliphatic carbocycles. The van der Waals surface area contributed by atoms with Crippen LogP contribution in [0.2, 0.25) is 0 Å². The molecule has 132 valence electrons. The Morgan fingerprint density at radius 3 is 2.21 bits per heavy atom. The number of hydrogen-bond acceptors (Lipinski definition) is 2. The number of amides is 1. The van der Waals surface area contributed by atoms with E-state index in [1.54, 1.807) is 18.7 Å². The van der Waals surface area contributed by atoms with Crippen LogP contribution >= 0.6 is 0 Å². The maximum absolute atomic E-state index is 11.8. The number of carbonyl (C=O) groups is 2. The topological polar surface area (TPSA) is 37.4 Å². The van der Waals surface area contributed by atoms with Gasteiger partial charge in [0.05, 0.1) is 0 Å². The molecule has 0 aliphatic heterocycles. The third kappa shape index (κ3) is 6.31. The van der Waals surface area contributed by atoms with Gasteiger partial charge in [0.25, 0.3) is 0 Å². The fourth-order valence-electron chi connectivity index (χ4n) is 2.95. The molecule has 0 aromatic heterocycles. The van der Waals surface area contributed by atoms with Gasteiger partial charge in [0.15, 0.2) is 5.78 Å². The van der Waals surface area contributed by atoms with E-state index in [2.05, 4.69) is 25.3 Å². The molecule has 0 saturated heterocycles. The van der Waals surface area contributed by atoms with Gasteiger partial charge in [0, 0.05) is 25.1 Å². The van der Waals surface area contributed by atoms with Crippen molar-refractivity contribution in [2.24, 2.45) is 5.92 Å². The minimum absolute atomic E-state index is 0.00171. The molecule has 0 aromatic rings. The van der Waals surface area contributed by atoms with Crippen LogP contribution < -0.4 is 0 Å². The molecule has 1 unspecified atom stereocenters. The lowest BCUT2D eigenvalue weighted by atomic mass is 9.91. The summed E-state index contributed by atoms with van der Waals surface area (Å²) in [6.45, 7) is 13.6. The van der Waals surface area contributed by atoms with E-state index < -0.39 is 0 Å². The van der Waals surface area contributed by atoms with Gasteiger partial charge in [-0.25, -0.2) is 0 Å². The van der Waals surface area contributed by atoms with Gasteiger partial charge in [0.1, 0.15) is 0 Å². The van der Waals surface area contributed by atoms with Crippen molar-refractivity contribution in [2.45, 2.75) is 52.9 Å². The number of hydrogen-bond donors (Lipinski definition) is 0. The minimum Gasteiger partial charge on any atom is -0.338 e. The second kappa shape index (κ2) is 9.41. The van der Waals surface area contributed by atoms with E-state index >= 15 is 0 Å². The lowest BCUT2D eigenvalue weighted by Gasteiger charge is -2.21. The van der Waals surface area contributed by atoms with Crippen LogP contribution in [0, 0.1) is 5.92 Å². The Morgan fingerprint density at radius 1 is 1.12 bits per heavy atom. The second-order valence-electron chi connectivity index (χ2n) is 7.03. The molecule has 0 saturated carbocycles. The summed E-state index contributed by atoms with van der Waals surface area (Å²) < 4.78 is 0. The maximum atomic E-state index is 11.8. The number of carbonyl (C=O) groups excluding carboxylic acids is 2. The van der Waals surface area contributed by atoms with Crippen molar-refractivity contribution in [2.75, 3.05) is 13.6 Å². The predicted molar refractivity (Wildman–Crippen MR) is 101 cm³/mol. The molecule has 3 heteroatoms. The van der Waals surface area contributed by atoms with Crippen LogP contribution in [0.25, 0.3) is 0 Å². The predicted octanol–water partition coefficient (Wildman–Crippen LogP) is 4.62. The third-order valence-electron chi connectivity index (χ3n) is 4.48. The highest BCUT2D eigenvalue weighted by molar-refractivity contribution is 5.95. The van der Waals surface area contributed by atoms with Gasteiger partial charge < -0.3 is 4.90 Å². The van der Waals surface area contributed by atoms with E-state index in [9.17, 15) is 9.59 Å². The first-order valence-electron chi connectivity index (χ1n) is 8.70. The summed E-state index contributed by atoms with van der Waals surface area (Å²) in [5.74, 6) is 0.251. The molecule has 0 aromatic carbocycles. The van der Waals surface area contributed by atoms with Gasteiger partial charge in [-0.1, -0.05) is 43.4 Å². The summed E-state index contributed by atoms with van der Waals surface area (Å²) in [6, 6.07) is 0. The van der Waals surface area contributed by atoms with E-state index in [0.29, 0.717) is 17.7 Å². The van der Waals surface area contributed by atoms with Crippen LogP contribution in [0.3, 0.4) is 0 Å². The van der Waals surface area contributed by atoms with Crippen LogP contribution in [0.15, 0.2) is 47.6 Å². The van der Waals surface area contributed by atoms with Crippen LogP contribution in [-0.2, 0) is 9.59 Å². The molecule has 24 heavy (non-hydrogen) atoms. The minimum atomic E-state index is 0.00171. The molecular formula is C21H31NO2. The highest BCUT2D eigenvalue weighted by Gasteiger charge is 2.15. The smallest absolute Gasteiger partial charge is 0.248 e. The molecule has 0 spiro atoms. The van der Waals surface area contributed by atoms with E-state index in [-0.39, 0.29) is 17.6 Å². The SMILES string of the molecule is C=C(C)C(=O)C(C)CCCC1=CC=C(CN(C)C(=O)C(=C)C)CC1. The van der Waals surface area contributed by atoms with Crippen molar-refractivity contribution < 1.29 is 9.59 Å². The lowest BCUT2D eigenvalue weighted by Crippen LogP contribution is -2.29. The fraction of sp³-hybridized carbons (Fsp3) is 0.524. The standard InChI is InChI=1S/C21H31NO2/c1-15(2)20(23)17(5)8-7-9-18-10-12-19(13-11-18)14-22(6)21(24)16(3)4/h10,12,17H,1,3,7-9,11,13-14H2,2,4-6H3. The largest absolute Gasteiger partial charge is 0.338 e. The number of rotatable bonds is 9. The van der Waals surface area contributed by atoms with E-state index in [4.69, 9.17) is 0 Å². The van der Waals surface area contributed by atoms with E-state index in [0.717, 1.165) is 32.1 Å². The Hall–Kier alpha value is -1.90. The van der Waals surface area contributed by atoms with Crippen molar-refractivity contribution in [3.63, 3.8) is 0 Å². The van der Waals surface area contributed by atoms with Crippen LogP contribution in [0.4, 0.5) is 0 Å². The van der Waals surface area contributed by atoms with Crippen molar-refractivity contribution in [3.8, 4) is 0 Å². The molecule has 3 nitrogen and oxygen atoms in total. The van der Waals surface area contributed by atoms with Gasteiger partial charge >= 0.3 is 0 Å². The summed E-state index contributed by atoms with van der Waals surface area (Å²) in [5, 5.41) is 0. The zero-order chi connectivity index (χ0) is 18.3. The number of nitrogens with zero attached hydrogens (tertiary/aromatic N) is 1. The Labute approximate surface area is 146 Å². The van der Waals surface area contributed by atoms with Crippen LogP contribution in [0.1, 0.15) is 52.9 Å². The quantitative estimate of drug-likeness (QED) is 0.579. The third-order valence-corrected chi connectivity index (χ3v) is 4.48. The second-order valence-corrected chi connectivity index (χ2v) is 7.03. The summed E-state index contributed by atoms with van der Waals surface area (Å²) >= 11 is 0. The average molecular weight is 329 g/mol. The molecule has 1 amide bonds. The highest BCUT2D eigenvalue weighted by Crippen LogP contribution is 2.24. The normalized spacial score (nSPS) is 15.2. The number of Topliss-reactive ketones (excluding diaryl/α,β-unsaturated/α-hetero) is 1. The first-order chi connectivity index (χ1) is 11.2. The molecule has 0 N–H and O–H groups in total. The van der Waals surface area contributed by atoms with Crippen LogP contribution in [0.5, 0.6) is 0 Å². The Kier molecular flexibility index (Phi) is 7.90. The summed E-state index contributed by atoms with van der Waals surface area (Å²) in [5.41, 5.74) is 3.94. The van der Waals surface area contributed by atoms with E-state index in [1.807, 2.05) is 14.0 Å². The molecule has 1 rings (SSSR count). The maximum Gasteiger partial charge on any atom is 0.248 e. The van der Waals surface area contributed by atoms with Gasteiger partial charge in [-0.2, -0.15) is 0 Å². The molecule has 1 aliphatic rings. The first-order valence-corrected chi connectivity index (χ1v) is 8.70. The van der Waals surface area contributed by atoms with Crippen molar-refractivity contribution >= 4 is 11.7 Å². The number of ketones is 1. The summed E-state index contributed by atoms with van der Waals surface area (Å²) in [6.07, 6.45) is 9.35. The zero-order valence-corrected chi connectivity index (χ0v) is 15.7. The van der Waals surface area contributed by atoms with Crippen LogP contribution in [-0.4, -0.2) is 30.2 Å². The Balaban J connectivity index is 2.43. The molecule has 0 bridgehead atoms. The fourth-order valence-corrected chi connectivity index (χ4v) is 2.95. The van der Waals surface area contributed by atoms with Crippen molar-refractivity contribution in [1.82, 2.24) is 4.90 Å². The van der Waals surface area contributed by atoms with Gasteiger partial charge in [-0.05, 0) is 51.5 Å². The number of allylic oxidation sites excluding steroid dienone is 4. The molecule has 0 fully saturated rings. The summed E-state index contributed by atoms with van der Waals surface area (Å²) in [7, 11) is 1.82. The number of likely N-dealkylation sites (N-methyl/N-ethyl adjacent to an activating group) is 1. The molecular weight excluding hydrogens is 298 g/mol. The van der Waals surface area contributed by atoms with Gasteiger partial charge in [-0.15, -0.1) is 0 Å². The monoisotopic (exact) mass is 329 g/mol. The Morgan fingerprint density at radius 2 is 1.71 bits per heavy atom. The van der Waals surface area contributed by atoms with Gasteiger partial charge in [-0.3, -0.25) is 9.59 Å². The zero-order valence-electron chi connectivity index (χ0n) is 15.7.